The van der Waals surface area contributed by atoms with Crippen molar-refractivity contribution in [2.24, 2.45) is 10.9 Å². The fourth-order valence-corrected chi connectivity index (χ4v) is 2.96. The highest BCUT2D eigenvalue weighted by atomic mass is 35.5. The van der Waals surface area contributed by atoms with Crippen molar-refractivity contribution in [1.82, 2.24) is 0 Å². The first-order valence-electron chi connectivity index (χ1n) is 6.83. The lowest BCUT2D eigenvalue weighted by Crippen LogP contribution is -2.27. The predicted octanol–water partition coefficient (Wildman–Crippen LogP) is 3.52. The van der Waals surface area contributed by atoms with Crippen LogP contribution in [0.15, 0.2) is 47.6 Å². The lowest BCUT2D eigenvalue weighted by molar-refractivity contribution is 0.318. The van der Waals surface area contributed by atoms with Gasteiger partial charge in [-0.3, -0.25) is 0 Å². The fourth-order valence-electron chi connectivity index (χ4n) is 2.79. The smallest absolute Gasteiger partial charge is 0.172 e. The number of benzene rings is 2. The Hall–Kier alpha value is -2.20. The Morgan fingerprint density at radius 1 is 1.19 bits per heavy atom. The highest BCUT2D eigenvalue weighted by Gasteiger charge is 2.21. The van der Waals surface area contributed by atoms with Gasteiger partial charge in [-0.1, -0.05) is 35.0 Å². The van der Waals surface area contributed by atoms with Crippen molar-refractivity contribution in [3.05, 3.63) is 58.6 Å². The minimum atomic E-state index is 0.0653. The zero-order valence-electron chi connectivity index (χ0n) is 11.5. The Bertz CT molecular complexity index is 700. The number of amidine groups is 1. The minimum Gasteiger partial charge on any atom is -0.409 e. The quantitative estimate of drug-likeness (QED) is 0.386. The summed E-state index contributed by atoms with van der Waals surface area (Å²) in [7, 11) is 0. The van der Waals surface area contributed by atoms with Gasteiger partial charge in [-0.2, -0.15) is 0 Å². The van der Waals surface area contributed by atoms with Crippen molar-refractivity contribution >= 4 is 28.8 Å². The topological polar surface area (TPSA) is 61.9 Å². The van der Waals surface area contributed by atoms with Gasteiger partial charge in [0.05, 0.1) is 5.69 Å². The van der Waals surface area contributed by atoms with E-state index in [1.165, 1.54) is 5.56 Å². The average Bonchev–Trinajstić information content (AvgIpc) is 2.53. The monoisotopic (exact) mass is 301 g/mol. The van der Waals surface area contributed by atoms with Crippen LogP contribution in [-0.4, -0.2) is 17.6 Å². The summed E-state index contributed by atoms with van der Waals surface area (Å²) in [6.45, 7) is 0.893. The molecule has 0 fully saturated rings. The van der Waals surface area contributed by atoms with Crippen LogP contribution in [0.1, 0.15) is 17.5 Å². The highest BCUT2D eigenvalue weighted by molar-refractivity contribution is 6.31. The summed E-state index contributed by atoms with van der Waals surface area (Å²) in [6, 6.07) is 13.8. The summed E-state index contributed by atoms with van der Waals surface area (Å²) in [6.07, 6.45) is 2.13. The number of rotatable bonds is 2. The number of oxime groups is 1. The van der Waals surface area contributed by atoms with Crippen molar-refractivity contribution in [2.45, 2.75) is 12.8 Å². The Morgan fingerprint density at radius 3 is 2.81 bits per heavy atom. The standard InChI is InChI=1S/C16H16ClN3O/c17-12-7-8-15(13(10-12)16(18)19-21)20-9-3-5-11-4-1-2-6-14(11)20/h1-2,4,6-8,10,21H,3,5,9H2,(H2,18,19). The van der Waals surface area contributed by atoms with Crippen LogP contribution >= 0.6 is 11.6 Å². The van der Waals surface area contributed by atoms with Gasteiger partial charge in [0.15, 0.2) is 5.84 Å². The number of hydrogen-bond donors (Lipinski definition) is 2. The molecule has 0 saturated heterocycles. The zero-order valence-corrected chi connectivity index (χ0v) is 12.2. The number of nitrogens with zero attached hydrogens (tertiary/aromatic N) is 2. The molecule has 3 rings (SSSR count). The van der Waals surface area contributed by atoms with Gasteiger partial charge in [0.1, 0.15) is 0 Å². The van der Waals surface area contributed by atoms with Gasteiger partial charge < -0.3 is 15.8 Å². The molecule has 0 amide bonds. The Morgan fingerprint density at radius 2 is 2.00 bits per heavy atom. The lowest BCUT2D eigenvalue weighted by atomic mass is 10.00. The Balaban J connectivity index is 2.14. The molecule has 0 atom stereocenters. The summed E-state index contributed by atoms with van der Waals surface area (Å²) in [4.78, 5) is 2.20. The molecule has 1 aliphatic heterocycles. The zero-order chi connectivity index (χ0) is 14.8. The van der Waals surface area contributed by atoms with E-state index in [1.54, 1.807) is 6.07 Å². The molecular formula is C16H16ClN3O. The van der Waals surface area contributed by atoms with Crippen LogP contribution in [-0.2, 0) is 6.42 Å². The molecule has 0 radical (unpaired) electrons. The molecule has 5 heteroatoms. The minimum absolute atomic E-state index is 0.0653. The summed E-state index contributed by atoms with van der Waals surface area (Å²) in [5.41, 5.74) is 9.82. The molecule has 0 spiro atoms. The van der Waals surface area contributed by atoms with Crippen LogP contribution in [0.5, 0.6) is 0 Å². The number of anilines is 2. The fraction of sp³-hybridized carbons (Fsp3) is 0.188. The molecule has 0 unspecified atom stereocenters. The van der Waals surface area contributed by atoms with Crippen LogP contribution < -0.4 is 10.6 Å². The number of fused-ring (bicyclic) bond motifs is 1. The molecule has 4 nitrogen and oxygen atoms in total. The molecular weight excluding hydrogens is 286 g/mol. The summed E-state index contributed by atoms with van der Waals surface area (Å²) < 4.78 is 0. The summed E-state index contributed by atoms with van der Waals surface area (Å²) in [5, 5.41) is 12.7. The second-order valence-corrected chi connectivity index (χ2v) is 5.47. The largest absolute Gasteiger partial charge is 0.409 e. The van der Waals surface area contributed by atoms with Crippen LogP contribution in [0.2, 0.25) is 5.02 Å². The molecule has 1 aliphatic rings. The van der Waals surface area contributed by atoms with E-state index in [-0.39, 0.29) is 5.84 Å². The first-order chi connectivity index (χ1) is 10.2. The van der Waals surface area contributed by atoms with Gasteiger partial charge in [0.25, 0.3) is 0 Å². The number of halogens is 1. The maximum Gasteiger partial charge on any atom is 0.172 e. The van der Waals surface area contributed by atoms with E-state index in [0.29, 0.717) is 10.6 Å². The number of hydrogen-bond acceptors (Lipinski definition) is 3. The van der Waals surface area contributed by atoms with E-state index >= 15 is 0 Å². The third-order valence-electron chi connectivity index (χ3n) is 3.74. The Labute approximate surface area is 128 Å². The molecule has 1 heterocycles. The maximum absolute atomic E-state index is 9.00. The summed E-state index contributed by atoms with van der Waals surface area (Å²) in [5.74, 6) is 0.0653. The Kier molecular flexibility index (Phi) is 3.71. The maximum atomic E-state index is 9.00. The SMILES string of the molecule is NC(=NO)c1cc(Cl)ccc1N1CCCc2ccccc21. The normalized spacial score (nSPS) is 14.9. The van der Waals surface area contributed by atoms with Crippen LogP contribution in [0.25, 0.3) is 0 Å². The van der Waals surface area contributed by atoms with Crippen molar-refractivity contribution in [3.8, 4) is 0 Å². The van der Waals surface area contributed by atoms with Gasteiger partial charge in [-0.25, -0.2) is 0 Å². The van der Waals surface area contributed by atoms with E-state index in [9.17, 15) is 0 Å². The molecule has 0 aliphatic carbocycles. The van der Waals surface area contributed by atoms with E-state index in [0.717, 1.165) is 30.8 Å². The van der Waals surface area contributed by atoms with Crippen LogP contribution in [0, 0.1) is 0 Å². The summed E-state index contributed by atoms with van der Waals surface area (Å²) >= 11 is 6.05. The van der Waals surface area contributed by atoms with Gasteiger partial charge in [-0.15, -0.1) is 0 Å². The van der Waals surface area contributed by atoms with Crippen molar-refractivity contribution in [1.29, 1.82) is 0 Å². The first-order valence-corrected chi connectivity index (χ1v) is 7.21. The molecule has 108 valence electrons. The van der Waals surface area contributed by atoms with Gasteiger partial charge in [0, 0.05) is 22.8 Å². The molecule has 0 bridgehead atoms. The molecule has 2 aromatic carbocycles. The third kappa shape index (κ3) is 2.54. The second kappa shape index (κ2) is 5.66. The van der Waals surface area contributed by atoms with Gasteiger partial charge >= 0.3 is 0 Å². The van der Waals surface area contributed by atoms with E-state index in [1.807, 2.05) is 18.2 Å². The van der Waals surface area contributed by atoms with E-state index in [2.05, 4.69) is 28.3 Å². The molecule has 0 aromatic heterocycles. The molecule has 2 aromatic rings. The second-order valence-electron chi connectivity index (χ2n) is 5.03. The molecule has 0 saturated carbocycles. The number of para-hydroxylation sites is 1. The number of aryl methyl sites for hydroxylation is 1. The lowest BCUT2D eigenvalue weighted by Gasteiger charge is -2.32. The first kappa shape index (κ1) is 13.8. The predicted molar refractivity (Wildman–Crippen MR) is 85.7 cm³/mol. The van der Waals surface area contributed by atoms with E-state index < -0.39 is 0 Å². The van der Waals surface area contributed by atoms with Gasteiger partial charge in [-0.05, 0) is 42.7 Å². The highest BCUT2D eigenvalue weighted by Crippen LogP contribution is 2.36. The van der Waals surface area contributed by atoms with Gasteiger partial charge in [0.2, 0.25) is 0 Å². The van der Waals surface area contributed by atoms with Crippen molar-refractivity contribution < 1.29 is 5.21 Å². The van der Waals surface area contributed by atoms with E-state index in [4.69, 9.17) is 22.5 Å². The molecule has 3 N–H and O–H groups in total. The van der Waals surface area contributed by atoms with Crippen molar-refractivity contribution in [3.63, 3.8) is 0 Å². The van der Waals surface area contributed by atoms with Crippen LogP contribution in [0.4, 0.5) is 11.4 Å². The van der Waals surface area contributed by atoms with Crippen LogP contribution in [0.3, 0.4) is 0 Å². The average molecular weight is 302 g/mol. The van der Waals surface area contributed by atoms with Crippen molar-refractivity contribution in [2.75, 3.05) is 11.4 Å². The number of nitrogens with two attached hydrogens (primary N) is 1. The molecule has 21 heavy (non-hydrogen) atoms. The third-order valence-corrected chi connectivity index (χ3v) is 3.98.